The van der Waals surface area contributed by atoms with E-state index in [1.165, 1.54) is 5.56 Å². The van der Waals surface area contributed by atoms with Gasteiger partial charge in [0, 0.05) is 31.7 Å². The molecule has 0 saturated carbocycles. The Morgan fingerprint density at radius 3 is 2.75 bits per heavy atom. The van der Waals surface area contributed by atoms with Crippen LogP contribution in [0, 0.1) is 0 Å². The quantitative estimate of drug-likeness (QED) is 0.636. The van der Waals surface area contributed by atoms with Crippen molar-refractivity contribution >= 4 is 0 Å². The van der Waals surface area contributed by atoms with Gasteiger partial charge >= 0.3 is 0 Å². The number of aromatic nitrogens is 3. The Morgan fingerprint density at radius 1 is 1.18 bits per heavy atom. The van der Waals surface area contributed by atoms with Gasteiger partial charge in [-0.1, -0.05) is 35.5 Å². The Kier molecular flexibility index (Phi) is 7.56. The van der Waals surface area contributed by atoms with Crippen LogP contribution in [0.5, 0.6) is 0 Å². The molecule has 4 atom stereocenters. The van der Waals surface area contributed by atoms with Crippen molar-refractivity contribution in [3.05, 3.63) is 47.8 Å². The third-order valence-electron chi connectivity index (χ3n) is 5.45. The number of likely N-dealkylation sites (N-methyl/N-ethyl adjacent to an activating group) is 1. The third-order valence-corrected chi connectivity index (χ3v) is 5.45. The van der Waals surface area contributed by atoms with Crippen molar-refractivity contribution in [3.8, 4) is 0 Å². The van der Waals surface area contributed by atoms with Crippen molar-refractivity contribution in [2.75, 3.05) is 13.6 Å². The van der Waals surface area contributed by atoms with E-state index in [2.05, 4.69) is 39.5 Å². The lowest BCUT2D eigenvalue weighted by Gasteiger charge is -2.40. The molecule has 2 heterocycles. The second-order valence-corrected chi connectivity index (χ2v) is 7.78. The minimum atomic E-state index is -1.12. The van der Waals surface area contributed by atoms with Gasteiger partial charge in [0.1, 0.15) is 6.10 Å². The summed E-state index contributed by atoms with van der Waals surface area (Å²) in [5.41, 5.74) is 2.32. The highest BCUT2D eigenvalue weighted by molar-refractivity contribution is 5.14. The summed E-state index contributed by atoms with van der Waals surface area (Å²) in [4.78, 5) is 2.08. The summed E-state index contributed by atoms with van der Waals surface area (Å²) in [5.74, 6) is 0. The highest BCUT2D eigenvalue weighted by Crippen LogP contribution is 2.22. The molecule has 7 heteroatoms. The third kappa shape index (κ3) is 5.85. The van der Waals surface area contributed by atoms with Gasteiger partial charge in [-0.05, 0) is 45.2 Å². The van der Waals surface area contributed by atoms with E-state index in [-0.39, 0.29) is 12.1 Å². The molecule has 1 aliphatic rings. The first-order chi connectivity index (χ1) is 13.5. The number of ether oxygens (including phenoxy) is 1. The van der Waals surface area contributed by atoms with Gasteiger partial charge in [0.25, 0.3) is 0 Å². The normalized spacial score (nSPS) is 25.3. The molecule has 0 amide bonds. The van der Waals surface area contributed by atoms with E-state index in [4.69, 9.17) is 4.74 Å². The molecule has 28 heavy (non-hydrogen) atoms. The van der Waals surface area contributed by atoms with Gasteiger partial charge in [0.15, 0.2) is 6.29 Å². The second-order valence-electron chi connectivity index (χ2n) is 7.78. The van der Waals surface area contributed by atoms with E-state index in [1.54, 1.807) is 0 Å². The highest BCUT2D eigenvalue weighted by Gasteiger charge is 2.36. The lowest BCUT2D eigenvalue weighted by Crippen LogP contribution is -2.54. The van der Waals surface area contributed by atoms with Gasteiger partial charge in [-0.3, -0.25) is 4.68 Å². The summed E-state index contributed by atoms with van der Waals surface area (Å²) in [6.07, 6.45) is 4.68. The number of hydrogen-bond acceptors (Lipinski definition) is 6. The van der Waals surface area contributed by atoms with Gasteiger partial charge in [0.05, 0.1) is 11.8 Å². The van der Waals surface area contributed by atoms with Crippen molar-refractivity contribution in [3.63, 3.8) is 0 Å². The standard InChI is InChI=1S/C21H32N4O3/c1-16-14-19(20(26)21(27)28-16)24(2)13-11-18-15-25(23-22-18)12-7-6-10-17-8-4-3-5-9-17/h3-5,8-9,15-16,19-21,26-27H,6-7,10-14H2,1-2H3/t16-,19+,20-,21+/m1/s1. The molecule has 1 saturated heterocycles. The number of hydrogen-bond donors (Lipinski definition) is 2. The molecule has 0 spiro atoms. The maximum absolute atomic E-state index is 10.2. The SMILES string of the molecule is C[C@@H]1C[C@H](N(C)CCc2cn(CCCCc3ccccc3)nn2)[C@@H](O)[C@@H](O)O1. The largest absolute Gasteiger partial charge is 0.386 e. The number of aryl methyl sites for hydroxylation is 2. The average molecular weight is 389 g/mol. The van der Waals surface area contributed by atoms with Crippen LogP contribution in [0.1, 0.15) is 37.4 Å². The number of benzene rings is 1. The Bertz CT molecular complexity index is 709. The predicted octanol–water partition coefficient (Wildman–Crippen LogP) is 1.63. The lowest BCUT2D eigenvalue weighted by atomic mass is 9.99. The molecular formula is C21H32N4O3. The van der Waals surface area contributed by atoms with Crippen LogP contribution in [-0.2, 0) is 24.1 Å². The molecule has 1 fully saturated rings. The maximum atomic E-state index is 10.2. The van der Waals surface area contributed by atoms with Crippen molar-refractivity contribution < 1.29 is 14.9 Å². The number of aliphatic hydroxyl groups excluding tert-OH is 2. The van der Waals surface area contributed by atoms with Gasteiger partial charge in [-0.15, -0.1) is 5.10 Å². The fraction of sp³-hybridized carbons (Fsp3) is 0.619. The zero-order valence-corrected chi connectivity index (χ0v) is 16.8. The zero-order chi connectivity index (χ0) is 19.9. The van der Waals surface area contributed by atoms with Crippen LogP contribution in [0.4, 0.5) is 0 Å². The van der Waals surface area contributed by atoms with Crippen LogP contribution in [-0.4, -0.2) is 68.2 Å². The summed E-state index contributed by atoms with van der Waals surface area (Å²) < 4.78 is 7.19. The first-order valence-corrected chi connectivity index (χ1v) is 10.2. The van der Waals surface area contributed by atoms with E-state index < -0.39 is 12.4 Å². The van der Waals surface area contributed by atoms with Gasteiger partial charge in [0.2, 0.25) is 0 Å². The Labute approximate surface area is 166 Å². The summed E-state index contributed by atoms with van der Waals surface area (Å²) in [5, 5.41) is 28.5. The average Bonchev–Trinajstić information content (AvgIpc) is 3.15. The molecule has 0 radical (unpaired) electrons. The number of aliphatic hydroxyl groups is 2. The minimum absolute atomic E-state index is 0.0670. The fourth-order valence-electron chi connectivity index (χ4n) is 3.75. The molecule has 154 valence electrons. The Morgan fingerprint density at radius 2 is 1.96 bits per heavy atom. The van der Waals surface area contributed by atoms with Gasteiger partial charge in [-0.25, -0.2) is 0 Å². The van der Waals surface area contributed by atoms with Crippen LogP contribution in [0.3, 0.4) is 0 Å². The van der Waals surface area contributed by atoms with Crippen molar-refractivity contribution in [1.82, 2.24) is 19.9 Å². The van der Waals surface area contributed by atoms with E-state index in [1.807, 2.05) is 30.9 Å². The topological polar surface area (TPSA) is 83.6 Å². The predicted molar refractivity (Wildman–Crippen MR) is 107 cm³/mol. The first-order valence-electron chi connectivity index (χ1n) is 10.2. The van der Waals surface area contributed by atoms with Crippen LogP contribution in [0.2, 0.25) is 0 Å². The molecule has 1 aromatic heterocycles. The van der Waals surface area contributed by atoms with Gasteiger partial charge < -0.3 is 19.8 Å². The zero-order valence-electron chi connectivity index (χ0n) is 16.8. The number of nitrogens with zero attached hydrogens (tertiary/aromatic N) is 4. The molecule has 1 aliphatic heterocycles. The molecule has 0 unspecified atom stereocenters. The van der Waals surface area contributed by atoms with E-state index >= 15 is 0 Å². The monoisotopic (exact) mass is 388 g/mol. The Balaban J connectivity index is 1.39. The number of rotatable bonds is 9. The summed E-state index contributed by atoms with van der Waals surface area (Å²) >= 11 is 0. The molecule has 0 bridgehead atoms. The molecule has 0 aliphatic carbocycles. The summed E-state index contributed by atoms with van der Waals surface area (Å²) in [6.45, 7) is 3.53. The maximum Gasteiger partial charge on any atom is 0.182 e. The van der Waals surface area contributed by atoms with Crippen molar-refractivity contribution in [2.45, 2.75) is 70.1 Å². The van der Waals surface area contributed by atoms with E-state index in [0.717, 1.165) is 44.5 Å². The fourth-order valence-corrected chi connectivity index (χ4v) is 3.75. The summed E-state index contributed by atoms with van der Waals surface area (Å²) in [6, 6.07) is 10.4. The lowest BCUT2D eigenvalue weighted by molar-refractivity contribution is -0.231. The minimum Gasteiger partial charge on any atom is -0.386 e. The van der Waals surface area contributed by atoms with E-state index in [0.29, 0.717) is 6.42 Å². The smallest absolute Gasteiger partial charge is 0.182 e. The molecule has 2 aromatic rings. The summed E-state index contributed by atoms with van der Waals surface area (Å²) in [7, 11) is 1.96. The van der Waals surface area contributed by atoms with Crippen molar-refractivity contribution in [1.29, 1.82) is 0 Å². The van der Waals surface area contributed by atoms with E-state index in [9.17, 15) is 10.2 Å². The van der Waals surface area contributed by atoms with Crippen LogP contribution >= 0.6 is 0 Å². The molecule has 3 rings (SSSR count). The first kappa shape index (κ1) is 20.9. The Hall–Kier alpha value is -1.80. The molecule has 1 aromatic carbocycles. The van der Waals surface area contributed by atoms with Gasteiger partial charge in [-0.2, -0.15) is 0 Å². The molecular weight excluding hydrogens is 356 g/mol. The van der Waals surface area contributed by atoms with Crippen molar-refractivity contribution in [2.24, 2.45) is 0 Å². The second kappa shape index (κ2) is 10.1. The van der Waals surface area contributed by atoms with Crippen LogP contribution in [0.25, 0.3) is 0 Å². The number of unbranched alkanes of at least 4 members (excludes halogenated alkanes) is 1. The van der Waals surface area contributed by atoms with Crippen LogP contribution in [0.15, 0.2) is 36.5 Å². The molecule has 7 nitrogen and oxygen atoms in total. The van der Waals surface area contributed by atoms with Crippen LogP contribution < -0.4 is 0 Å². The molecule has 2 N–H and O–H groups in total. The highest BCUT2D eigenvalue weighted by atomic mass is 16.6.